The summed E-state index contributed by atoms with van der Waals surface area (Å²) < 4.78 is 0. The van der Waals surface area contributed by atoms with E-state index in [2.05, 4.69) is 10.2 Å². The average Bonchev–Trinajstić information content (AvgIpc) is 2.05. The summed E-state index contributed by atoms with van der Waals surface area (Å²) in [4.78, 5) is 10.8. The van der Waals surface area contributed by atoms with Crippen LogP contribution in [-0.2, 0) is 6.42 Å². The minimum atomic E-state index is -0.0344. The third-order valence-corrected chi connectivity index (χ3v) is 1.48. The van der Waals surface area contributed by atoms with Gasteiger partial charge in [0.25, 0.3) is 0 Å². The number of nitrogens with zero attached hydrogens (tertiary/aromatic N) is 2. The van der Waals surface area contributed by atoms with Crippen LogP contribution in [0.3, 0.4) is 0 Å². The Hall–Kier alpha value is -1.25. The van der Waals surface area contributed by atoms with E-state index in [1.54, 1.807) is 12.3 Å². The van der Waals surface area contributed by atoms with Gasteiger partial charge in [-0.15, -0.1) is 5.10 Å². The summed E-state index contributed by atoms with van der Waals surface area (Å²) in [5.74, 6) is -0.0344. The van der Waals surface area contributed by atoms with E-state index < -0.39 is 0 Å². The molecule has 0 N–H and O–H groups in total. The van der Waals surface area contributed by atoms with Gasteiger partial charge in [0.1, 0.15) is 5.69 Å². The Morgan fingerprint density at radius 3 is 2.91 bits per heavy atom. The molecular weight excluding hydrogens is 140 g/mol. The van der Waals surface area contributed by atoms with Crippen molar-refractivity contribution in [3.8, 4) is 0 Å². The Morgan fingerprint density at radius 2 is 2.36 bits per heavy atom. The summed E-state index contributed by atoms with van der Waals surface area (Å²) >= 11 is 0. The molecule has 0 aromatic carbocycles. The first-order valence-electron chi connectivity index (χ1n) is 3.56. The van der Waals surface area contributed by atoms with Gasteiger partial charge in [0.2, 0.25) is 0 Å². The molecule has 1 rings (SSSR count). The van der Waals surface area contributed by atoms with Crippen LogP contribution in [0.15, 0.2) is 12.3 Å². The summed E-state index contributed by atoms with van der Waals surface area (Å²) in [6.07, 6.45) is 2.56. The van der Waals surface area contributed by atoms with E-state index in [0.717, 1.165) is 12.0 Å². The van der Waals surface area contributed by atoms with Crippen LogP contribution in [0.1, 0.15) is 29.9 Å². The lowest BCUT2D eigenvalue weighted by molar-refractivity contribution is 0.101. The molecule has 0 saturated carbocycles. The van der Waals surface area contributed by atoms with Gasteiger partial charge in [-0.05, 0) is 18.1 Å². The second-order valence-electron chi connectivity index (χ2n) is 2.36. The minimum Gasteiger partial charge on any atom is -0.293 e. The second-order valence-corrected chi connectivity index (χ2v) is 2.36. The maximum absolute atomic E-state index is 10.8. The molecule has 1 aromatic heterocycles. The molecule has 0 radical (unpaired) electrons. The van der Waals surface area contributed by atoms with Crippen molar-refractivity contribution in [3.63, 3.8) is 0 Å². The molecule has 0 saturated heterocycles. The average molecular weight is 150 g/mol. The Labute approximate surface area is 65.5 Å². The van der Waals surface area contributed by atoms with Crippen LogP contribution >= 0.6 is 0 Å². The molecule has 0 spiro atoms. The van der Waals surface area contributed by atoms with Crippen molar-refractivity contribution in [2.45, 2.75) is 20.3 Å². The van der Waals surface area contributed by atoms with E-state index in [9.17, 15) is 4.79 Å². The fourth-order valence-electron chi connectivity index (χ4n) is 0.772. The number of ketones is 1. The van der Waals surface area contributed by atoms with Gasteiger partial charge in [-0.2, -0.15) is 5.10 Å². The maximum atomic E-state index is 10.8. The molecule has 1 aromatic rings. The molecule has 0 aliphatic heterocycles. The van der Waals surface area contributed by atoms with Crippen molar-refractivity contribution in [2.75, 3.05) is 0 Å². The van der Waals surface area contributed by atoms with Crippen LogP contribution in [0, 0.1) is 0 Å². The number of carbonyl (C=O) groups excluding carboxylic acids is 1. The van der Waals surface area contributed by atoms with Gasteiger partial charge in [0.15, 0.2) is 5.78 Å². The van der Waals surface area contributed by atoms with Crippen LogP contribution in [-0.4, -0.2) is 16.0 Å². The largest absolute Gasteiger partial charge is 0.293 e. The van der Waals surface area contributed by atoms with Crippen LogP contribution in [0.4, 0.5) is 0 Å². The van der Waals surface area contributed by atoms with E-state index >= 15 is 0 Å². The predicted octanol–water partition coefficient (Wildman–Crippen LogP) is 1.24. The van der Waals surface area contributed by atoms with E-state index in [1.807, 2.05) is 6.92 Å². The third kappa shape index (κ3) is 1.83. The van der Waals surface area contributed by atoms with Gasteiger partial charge in [0.05, 0.1) is 6.20 Å². The van der Waals surface area contributed by atoms with Crippen molar-refractivity contribution >= 4 is 5.78 Å². The quantitative estimate of drug-likeness (QED) is 0.596. The fraction of sp³-hybridized carbons (Fsp3) is 0.375. The number of aromatic nitrogens is 2. The van der Waals surface area contributed by atoms with Crippen molar-refractivity contribution < 1.29 is 4.79 Å². The van der Waals surface area contributed by atoms with Crippen molar-refractivity contribution in [2.24, 2.45) is 0 Å². The zero-order valence-corrected chi connectivity index (χ0v) is 6.66. The Morgan fingerprint density at radius 1 is 1.64 bits per heavy atom. The van der Waals surface area contributed by atoms with Gasteiger partial charge < -0.3 is 0 Å². The van der Waals surface area contributed by atoms with Gasteiger partial charge in [-0.25, -0.2) is 0 Å². The standard InChI is InChI=1S/C8H10N2O/c1-3-7-4-8(6(2)11)10-9-5-7/h4-5H,3H2,1-2H3. The molecule has 0 aliphatic rings. The summed E-state index contributed by atoms with van der Waals surface area (Å²) in [5, 5.41) is 7.39. The zero-order chi connectivity index (χ0) is 8.27. The highest BCUT2D eigenvalue weighted by atomic mass is 16.1. The number of carbonyl (C=O) groups is 1. The monoisotopic (exact) mass is 150 g/mol. The Balaban J connectivity index is 3.01. The smallest absolute Gasteiger partial charge is 0.180 e. The number of hydrogen-bond acceptors (Lipinski definition) is 3. The van der Waals surface area contributed by atoms with Crippen molar-refractivity contribution in [3.05, 3.63) is 23.5 Å². The normalized spacial score (nSPS) is 9.64. The van der Waals surface area contributed by atoms with E-state index in [0.29, 0.717) is 5.69 Å². The number of rotatable bonds is 2. The molecule has 0 amide bonds. The number of hydrogen-bond donors (Lipinski definition) is 0. The lowest BCUT2D eigenvalue weighted by Crippen LogP contribution is -1.99. The first kappa shape index (κ1) is 7.85. The minimum absolute atomic E-state index is 0.0344. The fourth-order valence-corrected chi connectivity index (χ4v) is 0.772. The number of aryl methyl sites for hydroxylation is 1. The topological polar surface area (TPSA) is 42.9 Å². The first-order chi connectivity index (χ1) is 5.24. The molecule has 58 valence electrons. The van der Waals surface area contributed by atoms with E-state index in [1.165, 1.54) is 6.92 Å². The molecule has 3 nitrogen and oxygen atoms in total. The SMILES string of the molecule is CCc1cnnc(C(C)=O)c1. The summed E-state index contributed by atoms with van der Waals surface area (Å²) in [6, 6.07) is 1.77. The molecule has 0 bridgehead atoms. The summed E-state index contributed by atoms with van der Waals surface area (Å²) in [6.45, 7) is 3.50. The molecule has 0 unspecified atom stereocenters. The Bertz CT molecular complexity index is 271. The van der Waals surface area contributed by atoms with Gasteiger partial charge in [0, 0.05) is 6.92 Å². The lowest BCUT2D eigenvalue weighted by atomic mass is 10.2. The second kappa shape index (κ2) is 3.23. The summed E-state index contributed by atoms with van der Waals surface area (Å²) in [5.41, 5.74) is 1.49. The Kier molecular flexibility index (Phi) is 2.31. The third-order valence-electron chi connectivity index (χ3n) is 1.48. The molecular formula is C8H10N2O. The molecule has 3 heteroatoms. The van der Waals surface area contributed by atoms with Gasteiger partial charge in [-0.3, -0.25) is 4.79 Å². The van der Waals surface area contributed by atoms with Gasteiger partial charge in [-0.1, -0.05) is 6.92 Å². The summed E-state index contributed by atoms with van der Waals surface area (Å²) in [7, 11) is 0. The highest BCUT2D eigenvalue weighted by molar-refractivity contribution is 5.91. The lowest BCUT2D eigenvalue weighted by Gasteiger charge is -1.95. The molecule has 0 fully saturated rings. The van der Waals surface area contributed by atoms with Crippen LogP contribution < -0.4 is 0 Å². The molecule has 11 heavy (non-hydrogen) atoms. The highest BCUT2D eigenvalue weighted by Crippen LogP contribution is 2.00. The van der Waals surface area contributed by atoms with E-state index in [4.69, 9.17) is 0 Å². The zero-order valence-electron chi connectivity index (χ0n) is 6.66. The van der Waals surface area contributed by atoms with Crippen molar-refractivity contribution in [1.29, 1.82) is 0 Å². The molecule has 0 atom stereocenters. The first-order valence-corrected chi connectivity index (χ1v) is 3.56. The molecule has 0 aliphatic carbocycles. The van der Waals surface area contributed by atoms with Crippen LogP contribution in [0.2, 0.25) is 0 Å². The van der Waals surface area contributed by atoms with Crippen molar-refractivity contribution in [1.82, 2.24) is 10.2 Å². The molecule has 1 heterocycles. The van der Waals surface area contributed by atoms with E-state index in [-0.39, 0.29) is 5.78 Å². The predicted molar refractivity (Wildman–Crippen MR) is 41.4 cm³/mol. The van der Waals surface area contributed by atoms with Crippen LogP contribution in [0.5, 0.6) is 0 Å². The van der Waals surface area contributed by atoms with Gasteiger partial charge >= 0.3 is 0 Å². The number of Topliss-reactive ketones (excluding diaryl/α,β-unsaturated/α-hetero) is 1. The van der Waals surface area contributed by atoms with Crippen LogP contribution in [0.25, 0.3) is 0 Å². The highest BCUT2D eigenvalue weighted by Gasteiger charge is 2.00. The maximum Gasteiger partial charge on any atom is 0.180 e.